The maximum atomic E-state index is 12.0. The summed E-state index contributed by atoms with van der Waals surface area (Å²) in [5.41, 5.74) is 0. The molecule has 0 atom stereocenters. The molecule has 2 aromatic heterocycles. The van der Waals surface area contributed by atoms with E-state index in [1.165, 1.54) is 18.2 Å². The first kappa shape index (κ1) is 18.5. The van der Waals surface area contributed by atoms with Gasteiger partial charge in [-0.25, -0.2) is 4.79 Å². The number of urea groups is 1. The van der Waals surface area contributed by atoms with Crippen LogP contribution in [0.25, 0.3) is 11.6 Å². The van der Waals surface area contributed by atoms with E-state index in [1.807, 2.05) is 17.6 Å². The zero-order valence-corrected chi connectivity index (χ0v) is 15.6. The van der Waals surface area contributed by atoms with Gasteiger partial charge in [0.25, 0.3) is 0 Å². The zero-order chi connectivity index (χ0) is 18.4. The topological polar surface area (TPSA) is 102 Å². The van der Waals surface area contributed by atoms with Gasteiger partial charge in [-0.3, -0.25) is 14.7 Å². The lowest BCUT2D eigenvalue weighted by molar-refractivity contribution is -0.117. The van der Waals surface area contributed by atoms with Crippen molar-refractivity contribution in [1.29, 1.82) is 0 Å². The number of thioether (sulfide) groups is 1. The molecule has 0 bridgehead atoms. The van der Waals surface area contributed by atoms with E-state index in [2.05, 4.69) is 20.8 Å². The SMILES string of the molecule is CCn1c(SCC(=O)NC(=O)NC2CCCCC2)nnc1-c1ccco1. The van der Waals surface area contributed by atoms with Gasteiger partial charge in [0.2, 0.25) is 5.91 Å². The van der Waals surface area contributed by atoms with Crippen molar-refractivity contribution < 1.29 is 14.0 Å². The first-order valence-corrected chi connectivity index (χ1v) is 9.86. The standard InChI is InChI=1S/C17H23N5O3S/c1-2-22-15(13-9-6-10-25-13)20-21-17(22)26-11-14(23)19-16(24)18-12-7-4-3-5-8-12/h6,9-10,12H,2-5,7-8,11H2,1H3,(H2,18,19,23,24). The highest BCUT2D eigenvalue weighted by Gasteiger charge is 2.19. The number of aromatic nitrogens is 3. The fourth-order valence-electron chi connectivity index (χ4n) is 3.03. The van der Waals surface area contributed by atoms with E-state index in [4.69, 9.17) is 4.42 Å². The molecule has 0 unspecified atom stereocenters. The van der Waals surface area contributed by atoms with Gasteiger partial charge in [-0.1, -0.05) is 31.0 Å². The summed E-state index contributed by atoms with van der Waals surface area (Å²) in [5, 5.41) is 14.1. The number of hydrogen-bond acceptors (Lipinski definition) is 6. The van der Waals surface area contributed by atoms with E-state index < -0.39 is 6.03 Å². The fourth-order valence-corrected chi connectivity index (χ4v) is 3.83. The third kappa shape index (κ3) is 4.66. The summed E-state index contributed by atoms with van der Waals surface area (Å²) in [7, 11) is 0. The van der Waals surface area contributed by atoms with Crippen LogP contribution in [-0.4, -0.2) is 38.5 Å². The average molecular weight is 377 g/mol. The normalized spacial score (nSPS) is 15.0. The average Bonchev–Trinajstić information content (AvgIpc) is 3.29. The molecule has 2 N–H and O–H groups in total. The van der Waals surface area contributed by atoms with Gasteiger partial charge < -0.3 is 9.73 Å². The Morgan fingerprint density at radius 2 is 2.12 bits per heavy atom. The molecule has 140 valence electrons. The van der Waals surface area contributed by atoms with Crippen molar-refractivity contribution in [2.75, 3.05) is 5.75 Å². The second kappa shape index (κ2) is 8.88. The predicted molar refractivity (Wildman–Crippen MR) is 97.7 cm³/mol. The maximum absolute atomic E-state index is 12.0. The Hall–Kier alpha value is -2.29. The number of furan rings is 1. The van der Waals surface area contributed by atoms with Gasteiger partial charge in [-0.15, -0.1) is 10.2 Å². The Kier molecular flexibility index (Phi) is 6.32. The lowest BCUT2D eigenvalue weighted by Gasteiger charge is -2.22. The van der Waals surface area contributed by atoms with Crippen LogP contribution in [0.2, 0.25) is 0 Å². The van der Waals surface area contributed by atoms with Crippen molar-refractivity contribution in [3.63, 3.8) is 0 Å². The van der Waals surface area contributed by atoms with Crippen LogP contribution in [0.1, 0.15) is 39.0 Å². The van der Waals surface area contributed by atoms with Gasteiger partial charge in [-0.05, 0) is 31.9 Å². The number of carbonyl (C=O) groups is 2. The summed E-state index contributed by atoms with van der Waals surface area (Å²) in [4.78, 5) is 24.0. The Bertz CT molecular complexity index is 738. The molecule has 1 aliphatic rings. The molecule has 2 aromatic rings. The van der Waals surface area contributed by atoms with Crippen LogP contribution in [0.15, 0.2) is 28.0 Å². The molecule has 0 radical (unpaired) electrons. The molecule has 1 saturated carbocycles. The van der Waals surface area contributed by atoms with Crippen molar-refractivity contribution in [2.24, 2.45) is 0 Å². The quantitative estimate of drug-likeness (QED) is 0.751. The van der Waals surface area contributed by atoms with Crippen molar-refractivity contribution in [3.05, 3.63) is 18.4 Å². The van der Waals surface area contributed by atoms with Crippen LogP contribution in [-0.2, 0) is 11.3 Å². The van der Waals surface area contributed by atoms with Crippen LogP contribution in [0, 0.1) is 0 Å². The third-order valence-corrected chi connectivity index (χ3v) is 5.27. The molecule has 3 rings (SSSR count). The minimum atomic E-state index is -0.421. The molecule has 3 amide bonds. The van der Waals surface area contributed by atoms with E-state index in [0.717, 1.165) is 25.7 Å². The van der Waals surface area contributed by atoms with Gasteiger partial charge in [0.1, 0.15) is 0 Å². The van der Waals surface area contributed by atoms with Gasteiger partial charge in [0.05, 0.1) is 12.0 Å². The molecular formula is C17H23N5O3S. The second-order valence-corrected chi connectivity index (χ2v) is 7.12. The van der Waals surface area contributed by atoms with Crippen molar-refractivity contribution >= 4 is 23.7 Å². The summed E-state index contributed by atoms with van der Waals surface area (Å²) in [6, 6.07) is 3.35. The Balaban J connectivity index is 1.50. The molecule has 0 saturated heterocycles. The number of imide groups is 1. The van der Waals surface area contributed by atoms with Crippen LogP contribution in [0.5, 0.6) is 0 Å². The molecule has 0 spiro atoms. The molecular weight excluding hydrogens is 354 g/mol. The number of amides is 3. The van der Waals surface area contributed by atoms with E-state index in [1.54, 1.807) is 12.3 Å². The second-order valence-electron chi connectivity index (χ2n) is 6.17. The summed E-state index contributed by atoms with van der Waals surface area (Å²) in [6.45, 7) is 2.62. The maximum Gasteiger partial charge on any atom is 0.321 e. The minimum absolute atomic E-state index is 0.0916. The molecule has 1 aliphatic carbocycles. The Labute approximate surface area is 156 Å². The van der Waals surface area contributed by atoms with Crippen LogP contribution in [0.4, 0.5) is 4.79 Å². The van der Waals surface area contributed by atoms with Crippen LogP contribution >= 0.6 is 11.8 Å². The fraction of sp³-hybridized carbons (Fsp3) is 0.529. The van der Waals surface area contributed by atoms with Crippen LogP contribution < -0.4 is 10.6 Å². The monoisotopic (exact) mass is 377 g/mol. The molecule has 1 fully saturated rings. The molecule has 2 heterocycles. The lowest BCUT2D eigenvalue weighted by atomic mass is 9.96. The van der Waals surface area contributed by atoms with Gasteiger partial charge in [-0.2, -0.15) is 0 Å². The molecule has 26 heavy (non-hydrogen) atoms. The van der Waals surface area contributed by atoms with Crippen molar-refractivity contribution in [1.82, 2.24) is 25.4 Å². The zero-order valence-electron chi connectivity index (χ0n) is 14.7. The van der Waals surface area contributed by atoms with Gasteiger partial charge in [0, 0.05) is 12.6 Å². The van der Waals surface area contributed by atoms with Gasteiger partial charge in [0.15, 0.2) is 16.7 Å². The summed E-state index contributed by atoms with van der Waals surface area (Å²) in [5.74, 6) is 0.987. The largest absolute Gasteiger partial charge is 0.461 e. The lowest BCUT2D eigenvalue weighted by Crippen LogP contribution is -2.45. The molecule has 8 nitrogen and oxygen atoms in total. The summed E-state index contributed by atoms with van der Waals surface area (Å²) in [6.07, 6.45) is 7.00. The highest BCUT2D eigenvalue weighted by atomic mass is 32.2. The van der Waals surface area contributed by atoms with Gasteiger partial charge >= 0.3 is 6.03 Å². The van der Waals surface area contributed by atoms with E-state index in [9.17, 15) is 9.59 Å². The minimum Gasteiger partial charge on any atom is -0.461 e. The Morgan fingerprint density at radius 3 is 2.81 bits per heavy atom. The summed E-state index contributed by atoms with van der Waals surface area (Å²) >= 11 is 1.24. The number of hydrogen-bond donors (Lipinski definition) is 2. The van der Waals surface area contributed by atoms with Crippen molar-refractivity contribution in [2.45, 2.75) is 56.8 Å². The first-order chi connectivity index (χ1) is 12.7. The highest BCUT2D eigenvalue weighted by Crippen LogP contribution is 2.24. The number of rotatable bonds is 6. The predicted octanol–water partition coefficient (Wildman–Crippen LogP) is 2.81. The smallest absolute Gasteiger partial charge is 0.321 e. The highest BCUT2D eigenvalue weighted by molar-refractivity contribution is 7.99. The van der Waals surface area contributed by atoms with Crippen LogP contribution in [0.3, 0.4) is 0 Å². The number of carbonyl (C=O) groups excluding carboxylic acids is 2. The molecule has 9 heteroatoms. The summed E-state index contributed by atoms with van der Waals surface area (Å²) < 4.78 is 7.23. The first-order valence-electron chi connectivity index (χ1n) is 8.87. The Morgan fingerprint density at radius 1 is 1.31 bits per heavy atom. The van der Waals surface area contributed by atoms with E-state index in [-0.39, 0.29) is 17.7 Å². The number of nitrogens with zero attached hydrogens (tertiary/aromatic N) is 3. The number of nitrogens with one attached hydrogen (secondary N) is 2. The molecule has 0 aromatic carbocycles. The van der Waals surface area contributed by atoms with E-state index >= 15 is 0 Å². The van der Waals surface area contributed by atoms with Crippen molar-refractivity contribution in [3.8, 4) is 11.6 Å². The van der Waals surface area contributed by atoms with E-state index in [0.29, 0.717) is 23.3 Å². The third-order valence-electron chi connectivity index (χ3n) is 4.30. The molecule has 0 aliphatic heterocycles.